The van der Waals surface area contributed by atoms with E-state index in [1.54, 1.807) is 26.2 Å². The molecule has 0 unspecified atom stereocenters. The zero-order valence-corrected chi connectivity index (χ0v) is 12.5. The Balaban J connectivity index is 2.42. The molecule has 4 heteroatoms. The Morgan fingerprint density at radius 3 is 2.27 bits per heavy atom. The first-order valence-corrected chi connectivity index (χ1v) is 7.01. The third-order valence-electron chi connectivity index (χ3n) is 3.57. The summed E-state index contributed by atoms with van der Waals surface area (Å²) in [6.07, 6.45) is 0. The number of aromatic nitrogens is 1. The fourth-order valence-corrected chi connectivity index (χ4v) is 2.48. The highest BCUT2D eigenvalue weighted by molar-refractivity contribution is 5.97. The van der Waals surface area contributed by atoms with Crippen molar-refractivity contribution in [3.05, 3.63) is 76.7 Å². The summed E-state index contributed by atoms with van der Waals surface area (Å²) in [6, 6.07) is 18.3. The molecule has 0 spiro atoms. The highest BCUT2D eigenvalue weighted by Crippen LogP contribution is 2.17. The molecule has 0 aliphatic rings. The normalized spacial score (nSPS) is 10.6. The van der Waals surface area contributed by atoms with Gasteiger partial charge in [-0.2, -0.15) is 0 Å². The number of fused-ring (bicyclic) bond motifs is 1. The minimum atomic E-state index is -0.202. The number of carbonyl (C=O) groups is 1. The number of benzene rings is 2. The van der Waals surface area contributed by atoms with Crippen LogP contribution in [0.3, 0.4) is 0 Å². The highest BCUT2D eigenvalue weighted by Gasteiger charge is 2.17. The van der Waals surface area contributed by atoms with Gasteiger partial charge in [0.25, 0.3) is 11.5 Å². The summed E-state index contributed by atoms with van der Waals surface area (Å²) in [5, 5.41) is 1.37. The predicted octanol–water partition coefficient (Wildman–Crippen LogP) is 2.69. The van der Waals surface area contributed by atoms with Crippen LogP contribution in [-0.4, -0.2) is 29.5 Å². The van der Waals surface area contributed by atoms with Gasteiger partial charge in [0.05, 0.1) is 0 Å². The predicted molar refractivity (Wildman–Crippen MR) is 87.6 cm³/mol. The smallest absolute Gasteiger partial charge is 0.270 e. The van der Waals surface area contributed by atoms with Gasteiger partial charge < -0.3 is 4.90 Å². The molecular weight excluding hydrogens is 276 g/mol. The van der Waals surface area contributed by atoms with E-state index in [2.05, 4.69) is 0 Å². The molecule has 2 aromatic carbocycles. The monoisotopic (exact) mass is 292 g/mol. The molecule has 1 heterocycles. The molecule has 0 N–H and O–H groups in total. The number of para-hydroxylation sites is 1. The summed E-state index contributed by atoms with van der Waals surface area (Å²) in [6.45, 7) is 0. The molecule has 3 rings (SSSR count). The lowest BCUT2D eigenvalue weighted by Crippen LogP contribution is -2.31. The van der Waals surface area contributed by atoms with Crippen molar-refractivity contribution in [3.63, 3.8) is 0 Å². The van der Waals surface area contributed by atoms with Crippen molar-refractivity contribution in [2.24, 2.45) is 0 Å². The van der Waals surface area contributed by atoms with E-state index >= 15 is 0 Å². The Morgan fingerprint density at radius 1 is 0.955 bits per heavy atom. The van der Waals surface area contributed by atoms with E-state index in [0.29, 0.717) is 16.8 Å². The second-order valence-electron chi connectivity index (χ2n) is 5.29. The van der Waals surface area contributed by atoms with Gasteiger partial charge in [-0.3, -0.25) is 14.2 Å². The third kappa shape index (κ3) is 2.29. The number of hydrogen-bond acceptors (Lipinski definition) is 2. The van der Waals surface area contributed by atoms with Crippen LogP contribution in [0.15, 0.2) is 65.5 Å². The molecule has 0 aliphatic heterocycles. The molecule has 1 amide bonds. The van der Waals surface area contributed by atoms with E-state index in [-0.39, 0.29) is 11.5 Å². The largest absolute Gasteiger partial charge is 0.343 e. The van der Waals surface area contributed by atoms with Crippen LogP contribution in [0.2, 0.25) is 0 Å². The highest BCUT2D eigenvalue weighted by atomic mass is 16.2. The Hall–Kier alpha value is -2.88. The third-order valence-corrected chi connectivity index (χ3v) is 3.57. The fourth-order valence-electron chi connectivity index (χ4n) is 2.48. The lowest BCUT2D eigenvalue weighted by molar-refractivity contribution is 0.0819. The van der Waals surface area contributed by atoms with Gasteiger partial charge in [0, 0.05) is 25.2 Å². The number of hydrogen-bond donors (Lipinski definition) is 0. The lowest BCUT2D eigenvalue weighted by Gasteiger charge is -2.17. The summed E-state index contributed by atoms with van der Waals surface area (Å²) in [4.78, 5) is 26.8. The van der Waals surface area contributed by atoms with E-state index in [1.165, 1.54) is 9.47 Å². The molecule has 1 aromatic heterocycles. The van der Waals surface area contributed by atoms with Crippen LogP contribution in [0, 0.1) is 0 Å². The SMILES string of the molecule is CN(C)C(=O)c1cc2ccccc2c(=O)n1-c1ccccc1. The quantitative estimate of drug-likeness (QED) is 0.729. The molecular formula is C18H16N2O2. The van der Waals surface area contributed by atoms with Crippen LogP contribution in [0.5, 0.6) is 0 Å². The maximum Gasteiger partial charge on any atom is 0.270 e. The van der Waals surface area contributed by atoms with E-state index in [1.807, 2.05) is 48.5 Å². The van der Waals surface area contributed by atoms with Crippen molar-refractivity contribution in [3.8, 4) is 5.69 Å². The molecule has 0 bridgehead atoms. The summed E-state index contributed by atoms with van der Waals surface area (Å²) >= 11 is 0. The molecule has 4 nitrogen and oxygen atoms in total. The first-order valence-electron chi connectivity index (χ1n) is 7.01. The second-order valence-corrected chi connectivity index (χ2v) is 5.29. The van der Waals surface area contributed by atoms with Crippen LogP contribution in [-0.2, 0) is 0 Å². The zero-order valence-electron chi connectivity index (χ0n) is 12.5. The standard InChI is InChI=1S/C18H16N2O2/c1-19(2)18(22)16-12-13-8-6-7-11-15(13)17(21)20(16)14-9-4-3-5-10-14/h3-12H,1-2H3. The van der Waals surface area contributed by atoms with Crippen molar-refractivity contribution in [1.82, 2.24) is 9.47 Å². The Morgan fingerprint density at radius 2 is 1.59 bits per heavy atom. The van der Waals surface area contributed by atoms with Crippen LogP contribution in [0.25, 0.3) is 16.5 Å². The second kappa shape index (κ2) is 5.48. The van der Waals surface area contributed by atoms with Gasteiger partial charge in [-0.15, -0.1) is 0 Å². The average Bonchev–Trinajstić information content (AvgIpc) is 2.54. The zero-order chi connectivity index (χ0) is 15.7. The lowest BCUT2D eigenvalue weighted by atomic mass is 10.1. The maximum atomic E-state index is 12.9. The minimum absolute atomic E-state index is 0.186. The molecule has 0 saturated heterocycles. The first kappa shape index (κ1) is 14.1. The van der Waals surface area contributed by atoms with Crippen molar-refractivity contribution < 1.29 is 4.79 Å². The van der Waals surface area contributed by atoms with E-state index in [0.717, 1.165) is 5.39 Å². The molecule has 22 heavy (non-hydrogen) atoms. The summed E-state index contributed by atoms with van der Waals surface area (Å²) < 4.78 is 1.48. The van der Waals surface area contributed by atoms with Crippen LogP contribution in [0.1, 0.15) is 10.5 Å². The van der Waals surface area contributed by atoms with Crippen LogP contribution in [0.4, 0.5) is 0 Å². The van der Waals surface area contributed by atoms with Crippen LogP contribution >= 0.6 is 0 Å². The Labute approximate surface area is 128 Å². The van der Waals surface area contributed by atoms with Crippen molar-refractivity contribution in [2.75, 3.05) is 14.1 Å². The van der Waals surface area contributed by atoms with Gasteiger partial charge in [-0.05, 0) is 29.7 Å². The first-order chi connectivity index (χ1) is 10.6. The fraction of sp³-hybridized carbons (Fsp3) is 0.111. The van der Waals surface area contributed by atoms with Gasteiger partial charge in [0.15, 0.2) is 0 Å². The number of nitrogens with zero attached hydrogens (tertiary/aromatic N) is 2. The van der Waals surface area contributed by atoms with Gasteiger partial charge >= 0.3 is 0 Å². The van der Waals surface area contributed by atoms with Crippen LogP contribution < -0.4 is 5.56 Å². The molecule has 110 valence electrons. The molecule has 0 atom stereocenters. The summed E-state index contributed by atoms with van der Waals surface area (Å²) in [7, 11) is 3.36. The van der Waals surface area contributed by atoms with Gasteiger partial charge in [0.2, 0.25) is 0 Å². The Bertz CT molecular complexity index is 896. The van der Waals surface area contributed by atoms with Gasteiger partial charge in [-0.25, -0.2) is 0 Å². The van der Waals surface area contributed by atoms with Gasteiger partial charge in [-0.1, -0.05) is 36.4 Å². The number of carbonyl (C=O) groups excluding carboxylic acids is 1. The van der Waals surface area contributed by atoms with E-state index in [4.69, 9.17) is 0 Å². The molecule has 3 aromatic rings. The average molecular weight is 292 g/mol. The van der Waals surface area contributed by atoms with Crippen molar-refractivity contribution >= 4 is 16.7 Å². The topological polar surface area (TPSA) is 42.3 Å². The molecule has 0 saturated carbocycles. The summed E-state index contributed by atoms with van der Waals surface area (Å²) in [5.41, 5.74) is 0.859. The number of rotatable bonds is 2. The number of amides is 1. The van der Waals surface area contributed by atoms with E-state index in [9.17, 15) is 9.59 Å². The summed E-state index contributed by atoms with van der Waals surface area (Å²) in [5.74, 6) is -0.202. The molecule has 0 aliphatic carbocycles. The molecule has 0 fully saturated rings. The Kier molecular flexibility index (Phi) is 3.51. The van der Waals surface area contributed by atoms with Gasteiger partial charge in [0.1, 0.15) is 5.69 Å². The van der Waals surface area contributed by atoms with Crippen molar-refractivity contribution in [1.29, 1.82) is 0 Å². The van der Waals surface area contributed by atoms with E-state index < -0.39 is 0 Å². The van der Waals surface area contributed by atoms with Crippen molar-refractivity contribution in [2.45, 2.75) is 0 Å². The molecule has 0 radical (unpaired) electrons. The maximum absolute atomic E-state index is 12.9. The number of pyridine rings is 1. The minimum Gasteiger partial charge on any atom is -0.343 e.